The molecule has 1 amide bonds. The highest BCUT2D eigenvalue weighted by Crippen LogP contribution is 2.21. The highest BCUT2D eigenvalue weighted by molar-refractivity contribution is 9.10. The summed E-state index contributed by atoms with van der Waals surface area (Å²) in [5.41, 5.74) is 5.52. The van der Waals surface area contributed by atoms with E-state index in [-0.39, 0.29) is 12.1 Å². The van der Waals surface area contributed by atoms with Crippen molar-refractivity contribution in [3.05, 3.63) is 58.2 Å². The SMILES string of the molecule is NC(=O)[C@H](NCc1ccco1)c1ccc(Br)cc1F. The maximum atomic E-state index is 13.8. The van der Waals surface area contributed by atoms with Crippen molar-refractivity contribution in [2.24, 2.45) is 5.73 Å². The summed E-state index contributed by atoms with van der Waals surface area (Å²) in [7, 11) is 0. The average molecular weight is 327 g/mol. The van der Waals surface area contributed by atoms with Gasteiger partial charge in [0.15, 0.2) is 0 Å². The monoisotopic (exact) mass is 326 g/mol. The molecule has 0 unspecified atom stereocenters. The highest BCUT2D eigenvalue weighted by atomic mass is 79.9. The number of furan rings is 1. The van der Waals surface area contributed by atoms with Gasteiger partial charge in [0.2, 0.25) is 5.91 Å². The molecule has 2 aromatic rings. The van der Waals surface area contributed by atoms with Crippen LogP contribution < -0.4 is 11.1 Å². The first-order chi connectivity index (χ1) is 9.08. The quantitative estimate of drug-likeness (QED) is 0.887. The summed E-state index contributed by atoms with van der Waals surface area (Å²) in [5, 5.41) is 2.87. The maximum absolute atomic E-state index is 13.8. The topological polar surface area (TPSA) is 68.3 Å². The van der Waals surface area contributed by atoms with Gasteiger partial charge in [0.1, 0.15) is 17.6 Å². The lowest BCUT2D eigenvalue weighted by molar-refractivity contribution is -0.120. The second kappa shape index (κ2) is 5.99. The number of carbonyl (C=O) groups is 1. The number of amides is 1. The van der Waals surface area contributed by atoms with Crippen LogP contribution in [0.25, 0.3) is 0 Å². The van der Waals surface area contributed by atoms with Gasteiger partial charge in [-0.3, -0.25) is 10.1 Å². The molecule has 0 fully saturated rings. The molecule has 0 radical (unpaired) electrons. The van der Waals surface area contributed by atoms with Crippen molar-refractivity contribution >= 4 is 21.8 Å². The van der Waals surface area contributed by atoms with Crippen molar-refractivity contribution in [2.75, 3.05) is 0 Å². The van der Waals surface area contributed by atoms with Crippen LogP contribution in [-0.2, 0) is 11.3 Å². The van der Waals surface area contributed by atoms with Gasteiger partial charge in [-0.2, -0.15) is 0 Å². The minimum absolute atomic E-state index is 0.210. The van der Waals surface area contributed by atoms with E-state index in [9.17, 15) is 9.18 Å². The Bertz CT molecular complexity index is 572. The lowest BCUT2D eigenvalue weighted by atomic mass is 10.1. The summed E-state index contributed by atoms with van der Waals surface area (Å²) < 4.78 is 19.6. The molecule has 100 valence electrons. The van der Waals surface area contributed by atoms with Crippen molar-refractivity contribution in [3.63, 3.8) is 0 Å². The van der Waals surface area contributed by atoms with Gasteiger partial charge in [-0.15, -0.1) is 0 Å². The maximum Gasteiger partial charge on any atom is 0.239 e. The van der Waals surface area contributed by atoms with E-state index < -0.39 is 17.8 Å². The zero-order valence-electron chi connectivity index (χ0n) is 9.90. The molecular formula is C13H12BrFN2O2. The Morgan fingerprint density at radius 3 is 2.84 bits per heavy atom. The van der Waals surface area contributed by atoms with Crippen LogP contribution in [0.4, 0.5) is 4.39 Å². The molecule has 6 heteroatoms. The molecule has 2 rings (SSSR count). The van der Waals surface area contributed by atoms with Gasteiger partial charge in [-0.25, -0.2) is 4.39 Å². The van der Waals surface area contributed by atoms with Crippen LogP contribution in [0.5, 0.6) is 0 Å². The number of halogens is 2. The third-order valence-corrected chi connectivity index (χ3v) is 3.11. The van der Waals surface area contributed by atoms with E-state index >= 15 is 0 Å². The number of benzene rings is 1. The van der Waals surface area contributed by atoms with Gasteiger partial charge in [-0.05, 0) is 24.3 Å². The van der Waals surface area contributed by atoms with Gasteiger partial charge in [0, 0.05) is 10.0 Å². The van der Waals surface area contributed by atoms with E-state index in [1.165, 1.54) is 18.4 Å². The molecular weight excluding hydrogens is 315 g/mol. The van der Waals surface area contributed by atoms with E-state index in [2.05, 4.69) is 21.2 Å². The Labute approximate surface area is 117 Å². The molecule has 19 heavy (non-hydrogen) atoms. The fourth-order valence-electron chi connectivity index (χ4n) is 1.72. The lowest BCUT2D eigenvalue weighted by Crippen LogP contribution is -2.33. The molecule has 3 N–H and O–H groups in total. The first-order valence-electron chi connectivity index (χ1n) is 5.58. The minimum Gasteiger partial charge on any atom is -0.468 e. The number of carbonyl (C=O) groups excluding carboxylic acids is 1. The Morgan fingerprint density at radius 1 is 1.47 bits per heavy atom. The van der Waals surface area contributed by atoms with Crippen LogP contribution in [0.1, 0.15) is 17.4 Å². The zero-order valence-corrected chi connectivity index (χ0v) is 11.5. The number of nitrogens with two attached hydrogens (primary N) is 1. The Morgan fingerprint density at radius 2 is 2.26 bits per heavy atom. The van der Waals surface area contributed by atoms with Gasteiger partial charge in [0.25, 0.3) is 0 Å². The molecule has 4 nitrogen and oxygen atoms in total. The van der Waals surface area contributed by atoms with Gasteiger partial charge < -0.3 is 10.2 Å². The molecule has 0 aliphatic carbocycles. The van der Waals surface area contributed by atoms with E-state index in [4.69, 9.17) is 10.2 Å². The number of primary amides is 1. The molecule has 0 saturated carbocycles. The molecule has 0 aliphatic rings. The predicted octanol–water partition coefficient (Wildman–Crippen LogP) is 2.50. The molecule has 1 aromatic carbocycles. The molecule has 0 aliphatic heterocycles. The first-order valence-corrected chi connectivity index (χ1v) is 6.37. The largest absolute Gasteiger partial charge is 0.468 e. The molecule has 0 saturated heterocycles. The number of hydrogen-bond acceptors (Lipinski definition) is 3. The summed E-state index contributed by atoms with van der Waals surface area (Å²) >= 11 is 3.16. The second-order valence-corrected chi connectivity index (χ2v) is 4.88. The molecule has 1 heterocycles. The third-order valence-electron chi connectivity index (χ3n) is 2.62. The van der Waals surface area contributed by atoms with Crippen LogP contribution in [-0.4, -0.2) is 5.91 Å². The first kappa shape index (κ1) is 13.8. The zero-order chi connectivity index (χ0) is 13.8. The normalized spacial score (nSPS) is 12.3. The number of nitrogens with one attached hydrogen (secondary N) is 1. The summed E-state index contributed by atoms with van der Waals surface area (Å²) in [6, 6.07) is 7.05. The minimum atomic E-state index is -0.904. The summed E-state index contributed by atoms with van der Waals surface area (Å²) in [4.78, 5) is 11.4. The standard InChI is InChI=1S/C13H12BrFN2O2/c14-8-3-4-10(11(15)6-8)12(13(16)18)17-7-9-2-1-5-19-9/h1-6,12,17H,7H2,(H2,16,18)/t12-/m1/s1. The van der Waals surface area contributed by atoms with Gasteiger partial charge in [-0.1, -0.05) is 22.0 Å². The lowest BCUT2D eigenvalue weighted by Gasteiger charge is -2.16. The molecule has 0 bridgehead atoms. The van der Waals surface area contributed by atoms with Crippen molar-refractivity contribution in [1.29, 1.82) is 0 Å². The highest BCUT2D eigenvalue weighted by Gasteiger charge is 2.21. The molecule has 1 atom stereocenters. The second-order valence-electron chi connectivity index (χ2n) is 3.96. The predicted molar refractivity (Wildman–Crippen MR) is 71.6 cm³/mol. The van der Waals surface area contributed by atoms with Crippen LogP contribution in [0.3, 0.4) is 0 Å². The van der Waals surface area contributed by atoms with Crippen molar-refractivity contribution in [3.8, 4) is 0 Å². The van der Waals surface area contributed by atoms with E-state index in [0.717, 1.165) is 0 Å². The Balaban J connectivity index is 2.17. The Kier molecular flexibility index (Phi) is 4.34. The van der Waals surface area contributed by atoms with Crippen LogP contribution in [0.2, 0.25) is 0 Å². The van der Waals surface area contributed by atoms with Crippen molar-refractivity contribution < 1.29 is 13.6 Å². The van der Waals surface area contributed by atoms with Gasteiger partial charge in [0.05, 0.1) is 12.8 Å². The number of hydrogen-bond donors (Lipinski definition) is 2. The fraction of sp³-hybridized carbons (Fsp3) is 0.154. The number of rotatable bonds is 5. The van der Waals surface area contributed by atoms with Crippen LogP contribution in [0.15, 0.2) is 45.5 Å². The smallest absolute Gasteiger partial charge is 0.239 e. The van der Waals surface area contributed by atoms with Crippen molar-refractivity contribution in [1.82, 2.24) is 5.32 Å². The van der Waals surface area contributed by atoms with E-state index in [1.807, 2.05) is 0 Å². The molecule has 0 spiro atoms. The summed E-state index contributed by atoms with van der Waals surface area (Å²) in [5.74, 6) is -0.498. The third kappa shape index (κ3) is 3.42. The fourth-order valence-corrected chi connectivity index (χ4v) is 2.05. The average Bonchev–Trinajstić information content (AvgIpc) is 2.84. The summed E-state index contributed by atoms with van der Waals surface area (Å²) in [6.45, 7) is 0.288. The summed E-state index contributed by atoms with van der Waals surface area (Å²) in [6.07, 6.45) is 1.52. The molecule has 1 aromatic heterocycles. The van der Waals surface area contributed by atoms with Gasteiger partial charge >= 0.3 is 0 Å². The van der Waals surface area contributed by atoms with Crippen molar-refractivity contribution in [2.45, 2.75) is 12.6 Å². The van der Waals surface area contributed by atoms with Crippen LogP contribution in [0, 0.1) is 5.82 Å². The van der Waals surface area contributed by atoms with Crippen LogP contribution >= 0.6 is 15.9 Å². The Hall–Kier alpha value is -1.66. The van der Waals surface area contributed by atoms with E-state index in [0.29, 0.717) is 10.2 Å². The van der Waals surface area contributed by atoms with E-state index in [1.54, 1.807) is 18.2 Å².